The van der Waals surface area contributed by atoms with Gasteiger partial charge >= 0.3 is 6.18 Å². The lowest BCUT2D eigenvalue weighted by molar-refractivity contribution is -0.137. The minimum absolute atomic E-state index is 0.239. The van der Waals surface area contributed by atoms with Crippen molar-refractivity contribution in [1.82, 2.24) is 9.55 Å². The Hall–Kier alpha value is -1.67. The highest BCUT2D eigenvalue weighted by molar-refractivity contribution is 9.09. The Labute approximate surface area is 145 Å². The second-order valence-corrected chi connectivity index (χ2v) is 5.91. The van der Waals surface area contributed by atoms with Crippen LogP contribution in [0, 0.1) is 6.92 Å². The first-order valence-corrected chi connectivity index (χ1v) is 8.33. The number of ether oxygens (including phenoxy) is 1. The average Bonchev–Trinajstić information content (AvgIpc) is 2.98. The van der Waals surface area contributed by atoms with Crippen LogP contribution in [0.2, 0.25) is 0 Å². The Morgan fingerprint density at radius 2 is 2.08 bits per heavy atom. The number of hydrogen-bond acceptors (Lipinski definition) is 3. The summed E-state index contributed by atoms with van der Waals surface area (Å²) in [5.74, 6) is 0.406. The van der Waals surface area contributed by atoms with Crippen LogP contribution in [0.4, 0.5) is 13.2 Å². The summed E-state index contributed by atoms with van der Waals surface area (Å²) in [5, 5.41) is 0.713. The maximum absolute atomic E-state index is 13.2. The molecule has 130 valence electrons. The molecule has 0 atom stereocenters. The number of halogens is 4. The summed E-state index contributed by atoms with van der Waals surface area (Å²) in [6.07, 6.45) is -1.16. The van der Waals surface area contributed by atoms with E-state index in [1.54, 1.807) is 10.8 Å². The van der Waals surface area contributed by atoms with Gasteiger partial charge in [-0.25, -0.2) is 4.98 Å². The van der Waals surface area contributed by atoms with Gasteiger partial charge in [-0.15, -0.1) is 0 Å². The maximum atomic E-state index is 13.2. The third-order valence-electron chi connectivity index (χ3n) is 3.48. The third-order valence-corrected chi connectivity index (χ3v) is 3.81. The molecule has 0 fully saturated rings. The number of aldehydes is 1. The molecule has 0 N–H and O–H groups in total. The second kappa shape index (κ2) is 7.94. The zero-order chi connectivity index (χ0) is 17.7. The molecule has 0 unspecified atom stereocenters. The Kier molecular flexibility index (Phi) is 6.17. The van der Waals surface area contributed by atoms with E-state index in [0.29, 0.717) is 36.5 Å². The minimum atomic E-state index is -4.60. The highest BCUT2D eigenvalue weighted by Crippen LogP contribution is 2.35. The van der Waals surface area contributed by atoms with Crippen LogP contribution in [0.1, 0.15) is 21.5 Å². The summed E-state index contributed by atoms with van der Waals surface area (Å²) in [6.45, 7) is 2.93. The predicted octanol–water partition coefficient (Wildman–Crippen LogP) is 4.10. The summed E-state index contributed by atoms with van der Waals surface area (Å²) < 4.78 is 46.7. The number of nitrogens with zero attached hydrogens (tertiary/aromatic N) is 2. The van der Waals surface area contributed by atoms with Gasteiger partial charge in [-0.3, -0.25) is 4.79 Å². The van der Waals surface area contributed by atoms with Gasteiger partial charge < -0.3 is 9.30 Å². The Morgan fingerprint density at radius 1 is 1.33 bits per heavy atom. The van der Waals surface area contributed by atoms with Crippen molar-refractivity contribution in [2.24, 2.45) is 0 Å². The van der Waals surface area contributed by atoms with Gasteiger partial charge in [-0.1, -0.05) is 15.9 Å². The molecule has 0 bridgehead atoms. The average molecular weight is 405 g/mol. The van der Waals surface area contributed by atoms with Gasteiger partial charge in [0.2, 0.25) is 0 Å². The molecule has 2 rings (SSSR count). The van der Waals surface area contributed by atoms with Crippen molar-refractivity contribution in [1.29, 1.82) is 0 Å². The van der Waals surface area contributed by atoms with Gasteiger partial charge in [0.1, 0.15) is 5.82 Å². The molecule has 0 amide bonds. The highest BCUT2D eigenvalue weighted by atomic mass is 79.9. The number of alkyl halides is 4. The lowest BCUT2D eigenvalue weighted by Crippen LogP contribution is -2.12. The first-order valence-electron chi connectivity index (χ1n) is 7.20. The third kappa shape index (κ3) is 4.24. The van der Waals surface area contributed by atoms with E-state index in [-0.39, 0.29) is 17.4 Å². The number of aromatic nitrogens is 2. The summed E-state index contributed by atoms with van der Waals surface area (Å²) in [6, 6.07) is 2.51. The maximum Gasteiger partial charge on any atom is 0.417 e. The zero-order valence-corrected chi connectivity index (χ0v) is 14.5. The monoisotopic (exact) mass is 404 g/mol. The lowest BCUT2D eigenvalue weighted by Gasteiger charge is -2.15. The van der Waals surface area contributed by atoms with E-state index in [9.17, 15) is 18.0 Å². The van der Waals surface area contributed by atoms with Crippen molar-refractivity contribution in [3.63, 3.8) is 0 Å². The van der Waals surface area contributed by atoms with Gasteiger partial charge in [0.05, 0.1) is 18.8 Å². The molecular formula is C16H16BrF3N2O2. The fourth-order valence-electron chi connectivity index (χ4n) is 2.39. The number of rotatable bonds is 7. The predicted molar refractivity (Wildman–Crippen MR) is 87.4 cm³/mol. The normalized spacial score (nSPS) is 11.7. The van der Waals surface area contributed by atoms with E-state index in [4.69, 9.17) is 4.74 Å². The van der Waals surface area contributed by atoms with Crippen LogP contribution in [0.15, 0.2) is 24.5 Å². The molecule has 0 aliphatic heterocycles. The van der Waals surface area contributed by atoms with E-state index in [2.05, 4.69) is 20.9 Å². The minimum Gasteiger partial charge on any atom is -0.379 e. The fourth-order valence-corrected chi connectivity index (χ4v) is 2.62. The Morgan fingerprint density at radius 3 is 2.71 bits per heavy atom. The van der Waals surface area contributed by atoms with Gasteiger partial charge in [0.25, 0.3) is 0 Å². The fraction of sp³-hybridized carbons (Fsp3) is 0.375. The number of aryl methyl sites for hydroxylation is 1. The van der Waals surface area contributed by atoms with Crippen molar-refractivity contribution >= 4 is 22.2 Å². The number of carbonyl (C=O) groups excluding carboxylic acids is 1. The molecular weight excluding hydrogens is 389 g/mol. The molecule has 0 aliphatic rings. The lowest BCUT2D eigenvalue weighted by atomic mass is 9.98. The molecule has 0 radical (unpaired) electrons. The van der Waals surface area contributed by atoms with Gasteiger partial charge in [-0.05, 0) is 24.6 Å². The van der Waals surface area contributed by atoms with Crippen LogP contribution in [0.25, 0.3) is 11.4 Å². The quantitative estimate of drug-likeness (QED) is 0.396. The zero-order valence-electron chi connectivity index (χ0n) is 12.9. The molecule has 0 saturated heterocycles. The van der Waals surface area contributed by atoms with Crippen LogP contribution >= 0.6 is 15.9 Å². The van der Waals surface area contributed by atoms with Crippen molar-refractivity contribution in [3.8, 4) is 11.4 Å². The molecule has 0 aliphatic carbocycles. The van der Waals surface area contributed by atoms with Crippen LogP contribution in [0.5, 0.6) is 0 Å². The molecule has 24 heavy (non-hydrogen) atoms. The molecule has 2 aromatic rings. The molecule has 0 spiro atoms. The van der Waals surface area contributed by atoms with E-state index in [0.717, 1.165) is 6.07 Å². The molecule has 8 heteroatoms. The second-order valence-electron chi connectivity index (χ2n) is 5.12. The number of benzene rings is 1. The van der Waals surface area contributed by atoms with E-state index >= 15 is 0 Å². The van der Waals surface area contributed by atoms with Crippen LogP contribution < -0.4 is 0 Å². The van der Waals surface area contributed by atoms with Crippen LogP contribution in [-0.2, 0) is 17.5 Å². The Balaban J connectivity index is 2.38. The first kappa shape index (κ1) is 18.7. The summed E-state index contributed by atoms with van der Waals surface area (Å²) >= 11 is 3.25. The largest absolute Gasteiger partial charge is 0.417 e. The summed E-state index contributed by atoms with van der Waals surface area (Å²) in [5.41, 5.74) is -0.710. The van der Waals surface area contributed by atoms with E-state index < -0.39 is 11.7 Å². The summed E-state index contributed by atoms with van der Waals surface area (Å²) in [4.78, 5) is 15.2. The van der Waals surface area contributed by atoms with Crippen molar-refractivity contribution in [2.75, 3.05) is 18.5 Å². The molecule has 1 heterocycles. The number of hydrogen-bond donors (Lipinski definition) is 0. The van der Waals surface area contributed by atoms with Crippen molar-refractivity contribution < 1.29 is 22.7 Å². The summed E-state index contributed by atoms with van der Waals surface area (Å²) in [7, 11) is 0. The standard InChI is InChI=1S/C16H16BrF3N2O2/c1-11-8-12(9-14(13(11)10-23)16(18,19)20)15-21-3-4-22(15)5-7-24-6-2-17/h3-4,8-10H,2,5-7H2,1H3. The van der Waals surface area contributed by atoms with E-state index in [1.165, 1.54) is 19.2 Å². The van der Waals surface area contributed by atoms with Crippen molar-refractivity contribution in [3.05, 3.63) is 41.2 Å². The SMILES string of the molecule is Cc1cc(-c2nccn2CCOCCBr)cc(C(F)(F)F)c1C=O. The van der Waals surface area contributed by atoms with E-state index in [1.807, 2.05) is 0 Å². The molecule has 1 aromatic heterocycles. The van der Waals surface area contributed by atoms with Gasteiger partial charge in [0.15, 0.2) is 6.29 Å². The van der Waals surface area contributed by atoms with Crippen LogP contribution in [0.3, 0.4) is 0 Å². The Bertz CT molecular complexity index is 714. The topological polar surface area (TPSA) is 44.1 Å². The first-order chi connectivity index (χ1) is 11.4. The number of carbonyl (C=O) groups is 1. The number of imidazole rings is 1. The highest BCUT2D eigenvalue weighted by Gasteiger charge is 2.34. The van der Waals surface area contributed by atoms with Gasteiger partial charge in [0, 0.05) is 35.4 Å². The molecule has 4 nitrogen and oxygen atoms in total. The van der Waals surface area contributed by atoms with Crippen molar-refractivity contribution in [2.45, 2.75) is 19.6 Å². The van der Waals surface area contributed by atoms with Gasteiger partial charge in [-0.2, -0.15) is 13.2 Å². The molecule has 0 saturated carbocycles. The molecule has 1 aromatic carbocycles. The smallest absolute Gasteiger partial charge is 0.379 e. The van der Waals surface area contributed by atoms with Crippen LogP contribution in [-0.4, -0.2) is 34.4 Å².